The number of carbonyl (C=O) groups excluding carboxylic acids is 1. The van der Waals surface area contributed by atoms with Crippen LogP contribution in [0.2, 0.25) is 10.0 Å². The maximum atomic E-state index is 12.6. The Hall–Kier alpha value is -1.23. The van der Waals surface area contributed by atoms with Gasteiger partial charge in [-0.2, -0.15) is 0 Å². The molecule has 0 aromatic heterocycles. The average molecular weight is 390 g/mol. The third-order valence-electron chi connectivity index (χ3n) is 2.90. The molecule has 0 heterocycles. The highest BCUT2D eigenvalue weighted by Gasteiger charge is 2.17. The van der Waals surface area contributed by atoms with Crippen LogP contribution in [0.3, 0.4) is 0 Å². The van der Waals surface area contributed by atoms with E-state index in [-0.39, 0.29) is 5.78 Å². The first kappa shape index (κ1) is 16.1. The maximum Gasteiger partial charge on any atom is 0.194 e. The van der Waals surface area contributed by atoms with Crippen molar-refractivity contribution in [3.05, 3.63) is 56.0 Å². The Balaban J connectivity index is 2.50. The zero-order chi connectivity index (χ0) is 15.6. The topological polar surface area (TPSA) is 35.5 Å². The number of ketones is 1. The summed E-state index contributed by atoms with van der Waals surface area (Å²) in [6.07, 6.45) is 0. The van der Waals surface area contributed by atoms with E-state index in [1.54, 1.807) is 24.3 Å². The highest BCUT2D eigenvalue weighted by molar-refractivity contribution is 9.10. The third-order valence-corrected chi connectivity index (χ3v) is 4.29. The number of methoxy groups -OCH3 is 2. The fourth-order valence-electron chi connectivity index (χ4n) is 1.82. The molecule has 0 amide bonds. The van der Waals surface area contributed by atoms with Crippen LogP contribution in [0.1, 0.15) is 15.9 Å². The Morgan fingerprint density at radius 3 is 2.19 bits per heavy atom. The molecule has 0 aliphatic carbocycles. The first-order valence-corrected chi connectivity index (χ1v) is 7.44. The second kappa shape index (κ2) is 6.69. The van der Waals surface area contributed by atoms with Gasteiger partial charge in [-0.3, -0.25) is 4.79 Å². The molecule has 0 N–H and O–H groups in total. The molecule has 2 aromatic carbocycles. The van der Waals surface area contributed by atoms with Crippen molar-refractivity contribution in [3.63, 3.8) is 0 Å². The number of rotatable bonds is 4. The van der Waals surface area contributed by atoms with Crippen LogP contribution in [-0.4, -0.2) is 20.0 Å². The first-order chi connectivity index (χ1) is 9.97. The predicted molar refractivity (Wildman–Crippen MR) is 87.1 cm³/mol. The van der Waals surface area contributed by atoms with Gasteiger partial charge in [0.2, 0.25) is 0 Å². The summed E-state index contributed by atoms with van der Waals surface area (Å²) in [6.45, 7) is 0. The van der Waals surface area contributed by atoms with Gasteiger partial charge in [-0.15, -0.1) is 0 Å². The second-order valence-electron chi connectivity index (χ2n) is 4.15. The lowest BCUT2D eigenvalue weighted by atomic mass is 10.0. The van der Waals surface area contributed by atoms with Gasteiger partial charge in [-0.1, -0.05) is 23.2 Å². The van der Waals surface area contributed by atoms with Gasteiger partial charge < -0.3 is 9.47 Å². The van der Waals surface area contributed by atoms with Gasteiger partial charge in [-0.05, 0) is 46.3 Å². The van der Waals surface area contributed by atoms with Gasteiger partial charge in [0, 0.05) is 15.6 Å². The minimum Gasteiger partial charge on any atom is -0.493 e. The number of hydrogen-bond donors (Lipinski definition) is 0. The van der Waals surface area contributed by atoms with Gasteiger partial charge in [0.25, 0.3) is 0 Å². The van der Waals surface area contributed by atoms with E-state index in [0.717, 1.165) is 0 Å². The molecule has 6 heteroatoms. The molecule has 0 fully saturated rings. The molecule has 0 aliphatic heterocycles. The van der Waals surface area contributed by atoms with E-state index in [1.807, 2.05) is 0 Å². The second-order valence-corrected chi connectivity index (χ2v) is 5.81. The molecule has 0 saturated heterocycles. The fraction of sp³-hybridized carbons (Fsp3) is 0.133. The molecule has 2 rings (SSSR count). The van der Waals surface area contributed by atoms with Crippen LogP contribution in [0.4, 0.5) is 0 Å². The standard InChI is InChI=1S/C15H11BrCl2O3/c1-20-13-6-9(10(16)7-14(13)21-2)15(19)8-3-4-11(17)12(18)5-8/h3-7H,1-2H3. The van der Waals surface area contributed by atoms with Crippen molar-refractivity contribution in [1.82, 2.24) is 0 Å². The maximum absolute atomic E-state index is 12.6. The van der Waals surface area contributed by atoms with Crippen LogP contribution >= 0.6 is 39.1 Å². The minimum atomic E-state index is -0.193. The van der Waals surface area contributed by atoms with Crippen LogP contribution in [-0.2, 0) is 0 Å². The van der Waals surface area contributed by atoms with Crippen LogP contribution < -0.4 is 9.47 Å². The molecule has 0 unspecified atom stereocenters. The minimum absolute atomic E-state index is 0.193. The van der Waals surface area contributed by atoms with Crippen molar-refractivity contribution in [2.45, 2.75) is 0 Å². The normalized spacial score (nSPS) is 10.3. The van der Waals surface area contributed by atoms with Crippen molar-refractivity contribution in [2.75, 3.05) is 14.2 Å². The highest BCUT2D eigenvalue weighted by Crippen LogP contribution is 2.34. The SMILES string of the molecule is COc1cc(Br)c(C(=O)c2ccc(Cl)c(Cl)c2)cc1OC. The van der Waals surface area contributed by atoms with Crippen molar-refractivity contribution in [3.8, 4) is 11.5 Å². The molecular formula is C15H11BrCl2O3. The van der Waals surface area contributed by atoms with Crippen molar-refractivity contribution < 1.29 is 14.3 Å². The van der Waals surface area contributed by atoms with E-state index in [4.69, 9.17) is 32.7 Å². The number of halogens is 3. The molecule has 21 heavy (non-hydrogen) atoms. The smallest absolute Gasteiger partial charge is 0.194 e. The van der Waals surface area contributed by atoms with Crippen LogP contribution in [0.25, 0.3) is 0 Å². The largest absolute Gasteiger partial charge is 0.493 e. The van der Waals surface area contributed by atoms with Gasteiger partial charge >= 0.3 is 0 Å². The number of benzene rings is 2. The number of carbonyl (C=O) groups is 1. The molecule has 110 valence electrons. The molecule has 0 bridgehead atoms. The van der Waals surface area contributed by atoms with Crippen LogP contribution in [0, 0.1) is 0 Å². The van der Waals surface area contributed by atoms with E-state index >= 15 is 0 Å². The molecular weight excluding hydrogens is 379 g/mol. The van der Waals surface area contributed by atoms with Crippen molar-refractivity contribution >= 4 is 44.9 Å². The van der Waals surface area contributed by atoms with Crippen LogP contribution in [0.5, 0.6) is 11.5 Å². The van der Waals surface area contributed by atoms with Crippen molar-refractivity contribution in [2.24, 2.45) is 0 Å². The van der Waals surface area contributed by atoms with Gasteiger partial charge in [-0.25, -0.2) is 0 Å². The molecule has 0 spiro atoms. The lowest BCUT2D eigenvalue weighted by molar-refractivity contribution is 0.103. The van der Waals surface area contributed by atoms with Gasteiger partial charge in [0.1, 0.15) is 0 Å². The fourth-order valence-corrected chi connectivity index (χ4v) is 2.62. The molecule has 0 atom stereocenters. The summed E-state index contributed by atoms with van der Waals surface area (Å²) < 4.78 is 11.0. The summed E-state index contributed by atoms with van der Waals surface area (Å²) >= 11 is 15.2. The molecule has 0 radical (unpaired) electrons. The summed E-state index contributed by atoms with van der Waals surface area (Å²) in [4.78, 5) is 12.6. The van der Waals surface area contributed by atoms with E-state index < -0.39 is 0 Å². The summed E-state index contributed by atoms with van der Waals surface area (Å²) in [5.41, 5.74) is 0.892. The highest BCUT2D eigenvalue weighted by atomic mass is 79.9. The Labute approximate surface area is 140 Å². The predicted octanol–water partition coefficient (Wildman–Crippen LogP) is 5.00. The van der Waals surface area contributed by atoms with E-state index in [0.29, 0.717) is 37.1 Å². The Morgan fingerprint density at radius 1 is 1.00 bits per heavy atom. The zero-order valence-corrected chi connectivity index (χ0v) is 14.3. The third kappa shape index (κ3) is 3.34. The molecule has 0 saturated carbocycles. The monoisotopic (exact) mass is 388 g/mol. The Bertz CT molecular complexity index is 702. The van der Waals surface area contributed by atoms with E-state index in [9.17, 15) is 4.79 Å². The molecule has 2 aromatic rings. The molecule has 0 aliphatic rings. The summed E-state index contributed by atoms with van der Waals surface area (Å²) in [5.74, 6) is 0.820. The lowest BCUT2D eigenvalue weighted by Crippen LogP contribution is -2.04. The van der Waals surface area contributed by atoms with Gasteiger partial charge in [0.05, 0.1) is 24.3 Å². The summed E-state index contributed by atoms with van der Waals surface area (Å²) in [7, 11) is 3.05. The lowest BCUT2D eigenvalue weighted by Gasteiger charge is -2.11. The summed E-state index contributed by atoms with van der Waals surface area (Å²) in [5, 5.41) is 0.735. The summed E-state index contributed by atoms with van der Waals surface area (Å²) in [6, 6.07) is 8.05. The quantitative estimate of drug-likeness (QED) is 0.690. The van der Waals surface area contributed by atoms with Gasteiger partial charge in [0.15, 0.2) is 17.3 Å². The van der Waals surface area contributed by atoms with E-state index in [2.05, 4.69) is 15.9 Å². The number of ether oxygens (including phenoxy) is 2. The van der Waals surface area contributed by atoms with E-state index in [1.165, 1.54) is 20.3 Å². The van der Waals surface area contributed by atoms with Crippen molar-refractivity contribution in [1.29, 1.82) is 0 Å². The van der Waals surface area contributed by atoms with Crippen LogP contribution in [0.15, 0.2) is 34.8 Å². The molecule has 3 nitrogen and oxygen atoms in total. The zero-order valence-electron chi connectivity index (χ0n) is 11.2. The Kier molecular flexibility index (Phi) is 5.14. The number of hydrogen-bond acceptors (Lipinski definition) is 3. The average Bonchev–Trinajstić information content (AvgIpc) is 2.49. The Morgan fingerprint density at radius 2 is 1.62 bits per heavy atom. The first-order valence-electron chi connectivity index (χ1n) is 5.89.